The second kappa shape index (κ2) is 17.0. The molecule has 55 heavy (non-hydrogen) atoms. The molecule has 1 aliphatic heterocycles. The SMILES string of the molecule is NS(=O)(=O)c1ccc(-c2cn(C3CCN(C(=O)/C=C/c4ccccc4)CC3)nn2)cc1.NS(=O)(=O)c1ccc(-c2cn(CC(=O)Nc3nccs3)nn2)cc1. The Morgan fingerprint density at radius 2 is 1.38 bits per heavy atom. The van der Waals surface area contributed by atoms with Crippen LogP contribution in [0.25, 0.3) is 28.6 Å². The second-order valence-electron chi connectivity index (χ2n) is 12.2. The minimum atomic E-state index is -3.74. The van der Waals surface area contributed by atoms with Crippen LogP contribution in [0, 0.1) is 0 Å². The van der Waals surface area contributed by atoms with Gasteiger partial charge in [-0.2, -0.15) is 0 Å². The number of carbonyl (C=O) groups excluding carboxylic acids is 2. The van der Waals surface area contributed by atoms with Gasteiger partial charge < -0.3 is 10.2 Å². The van der Waals surface area contributed by atoms with Crippen molar-refractivity contribution in [2.24, 2.45) is 10.3 Å². The molecule has 0 aliphatic carbocycles. The Morgan fingerprint density at radius 1 is 0.800 bits per heavy atom. The predicted octanol–water partition coefficient (Wildman–Crippen LogP) is 3.16. The number of nitrogens with one attached hydrogen (secondary N) is 1. The highest BCUT2D eigenvalue weighted by molar-refractivity contribution is 7.89. The zero-order valence-electron chi connectivity index (χ0n) is 29.0. The lowest BCUT2D eigenvalue weighted by Crippen LogP contribution is -2.38. The van der Waals surface area contributed by atoms with Crippen molar-refractivity contribution in [3.8, 4) is 22.5 Å². The number of piperidine rings is 1. The first-order chi connectivity index (χ1) is 26.3. The Kier molecular flexibility index (Phi) is 12.0. The Hall–Kier alpha value is -5.93. The van der Waals surface area contributed by atoms with E-state index >= 15 is 0 Å². The number of nitrogens with two attached hydrogens (primary N) is 2. The summed E-state index contributed by atoms with van der Waals surface area (Å²) < 4.78 is 48.5. The number of hydrogen-bond acceptors (Lipinski definition) is 12. The molecular formula is C35H35N11O6S3. The molecule has 3 aromatic carbocycles. The van der Waals surface area contributed by atoms with Crippen LogP contribution >= 0.6 is 11.3 Å². The van der Waals surface area contributed by atoms with Gasteiger partial charge in [-0.1, -0.05) is 65.0 Å². The average molecular weight is 802 g/mol. The lowest BCUT2D eigenvalue weighted by molar-refractivity contribution is -0.127. The molecule has 4 heterocycles. The Balaban J connectivity index is 0.000000193. The fourth-order valence-electron chi connectivity index (χ4n) is 5.51. The number of thiazole rings is 1. The van der Waals surface area contributed by atoms with Gasteiger partial charge in [-0.3, -0.25) is 9.59 Å². The molecule has 7 rings (SSSR count). The maximum atomic E-state index is 12.5. The lowest BCUT2D eigenvalue weighted by atomic mass is 10.0. The number of aromatic nitrogens is 7. The fraction of sp³-hybridized carbons (Fsp3) is 0.171. The van der Waals surface area contributed by atoms with Crippen LogP contribution in [0.1, 0.15) is 24.4 Å². The molecule has 0 unspecified atom stereocenters. The average Bonchev–Trinajstić information content (AvgIpc) is 3.98. The summed E-state index contributed by atoms with van der Waals surface area (Å²) in [5.74, 6) is -0.262. The summed E-state index contributed by atoms with van der Waals surface area (Å²) in [6, 6.07) is 22.1. The normalized spacial score (nSPS) is 13.7. The molecule has 5 N–H and O–H groups in total. The molecule has 3 aromatic heterocycles. The second-order valence-corrected chi connectivity index (χ2v) is 16.2. The number of rotatable bonds is 10. The monoisotopic (exact) mass is 801 g/mol. The number of primary sulfonamides is 2. The molecule has 1 saturated heterocycles. The molecule has 0 radical (unpaired) electrons. The van der Waals surface area contributed by atoms with E-state index in [1.54, 1.807) is 48.1 Å². The largest absolute Gasteiger partial charge is 0.339 e. The van der Waals surface area contributed by atoms with E-state index in [2.05, 4.69) is 30.9 Å². The smallest absolute Gasteiger partial charge is 0.247 e. The van der Waals surface area contributed by atoms with E-state index in [-0.39, 0.29) is 34.2 Å². The van der Waals surface area contributed by atoms with Gasteiger partial charge >= 0.3 is 0 Å². The van der Waals surface area contributed by atoms with Crippen molar-refractivity contribution in [3.05, 3.63) is 114 Å². The van der Waals surface area contributed by atoms with E-state index in [4.69, 9.17) is 10.3 Å². The van der Waals surface area contributed by atoms with Gasteiger partial charge in [0, 0.05) is 41.9 Å². The standard InChI is InChI=1S/C22H23N5O3S.C13H12N6O3S2/c23-31(29,30)20-9-7-18(8-10-20)21-16-27(25-24-21)19-12-14-26(15-13-19)22(28)11-6-17-4-2-1-3-5-17;14-24(21,22)10-3-1-9(2-4-10)11-7-19(18-17-11)8-12(20)16-13-15-5-6-23-13/h1-11,16,19H,12-15H2,(H2,23,29,30);1-7H,8H2,(H2,14,21,22)(H,15,16,20)/b11-6+;. The Bertz CT molecular complexity index is 2480. The number of anilines is 1. The molecule has 1 fully saturated rings. The first kappa shape index (κ1) is 38.8. The van der Waals surface area contributed by atoms with Gasteiger partial charge in [0.15, 0.2) is 5.13 Å². The maximum absolute atomic E-state index is 12.5. The van der Waals surface area contributed by atoms with Gasteiger partial charge in [0.05, 0.1) is 28.2 Å². The number of amides is 2. The third-order valence-corrected chi connectivity index (χ3v) is 10.9. The van der Waals surface area contributed by atoms with Crippen LogP contribution in [0.2, 0.25) is 0 Å². The number of carbonyl (C=O) groups is 2. The van der Waals surface area contributed by atoms with Crippen molar-refractivity contribution < 1.29 is 26.4 Å². The number of likely N-dealkylation sites (tertiary alicyclic amines) is 1. The molecule has 0 atom stereocenters. The number of benzene rings is 3. The summed E-state index contributed by atoms with van der Waals surface area (Å²) in [4.78, 5) is 30.2. The first-order valence-electron chi connectivity index (χ1n) is 16.6. The van der Waals surface area contributed by atoms with Crippen LogP contribution in [0.5, 0.6) is 0 Å². The molecule has 0 bridgehead atoms. The molecule has 1 aliphatic rings. The van der Waals surface area contributed by atoms with Gasteiger partial charge in [0.1, 0.15) is 17.9 Å². The lowest BCUT2D eigenvalue weighted by Gasteiger charge is -2.31. The first-order valence-corrected chi connectivity index (χ1v) is 20.6. The maximum Gasteiger partial charge on any atom is 0.247 e. The van der Waals surface area contributed by atoms with Crippen LogP contribution in [0.15, 0.2) is 119 Å². The van der Waals surface area contributed by atoms with Crippen molar-refractivity contribution in [1.29, 1.82) is 0 Å². The minimum absolute atomic E-state index is 0.0107. The van der Waals surface area contributed by atoms with Crippen molar-refractivity contribution in [2.45, 2.75) is 35.2 Å². The van der Waals surface area contributed by atoms with Crippen LogP contribution < -0.4 is 15.6 Å². The molecule has 0 saturated carbocycles. The summed E-state index contributed by atoms with van der Waals surface area (Å²) in [5.41, 5.74) is 3.59. The van der Waals surface area contributed by atoms with Gasteiger partial charge in [-0.25, -0.2) is 41.5 Å². The molecule has 0 spiro atoms. The van der Waals surface area contributed by atoms with E-state index in [0.717, 1.165) is 24.0 Å². The summed E-state index contributed by atoms with van der Waals surface area (Å²) in [5, 5.41) is 31.4. The highest BCUT2D eigenvalue weighted by Crippen LogP contribution is 2.25. The van der Waals surface area contributed by atoms with Crippen molar-refractivity contribution >= 4 is 54.4 Å². The molecule has 284 valence electrons. The highest BCUT2D eigenvalue weighted by atomic mass is 32.2. The third kappa shape index (κ3) is 10.6. The summed E-state index contributed by atoms with van der Waals surface area (Å²) in [6.45, 7) is 1.30. The van der Waals surface area contributed by atoms with E-state index in [9.17, 15) is 26.4 Å². The van der Waals surface area contributed by atoms with E-state index in [1.165, 1.54) is 40.3 Å². The van der Waals surface area contributed by atoms with Crippen LogP contribution in [-0.2, 0) is 36.2 Å². The number of sulfonamides is 2. The molecule has 17 nitrogen and oxygen atoms in total. The summed E-state index contributed by atoms with van der Waals surface area (Å²) in [7, 11) is -7.46. The van der Waals surface area contributed by atoms with E-state index in [1.807, 2.05) is 52.2 Å². The molecule has 20 heteroatoms. The van der Waals surface area contributed by atoms with Crippen LogP contribution in [0.3, 0.4) is 0 Å². The zero-order valence-corrected chi connectivity index (χ0v) is 31.4. The van der Waals surface area contributed by atoms with Gasteiger partial charge in [0.2, 0.25) is 31.9 Å². The molecular weight excluding hydrogens is 767 g/mol. The van der Waals surface area contributed by atoms with E-state index < -0.39 is 20.0 Å². The van der Waals surface area contributed by atoms with Gasteiger partial charge in [0.25, 0.3) is 0 Å². The third-order valence-electron chi connectivity index (χ3n) is 8.36. The van der Waals surface area contributed by atoms with Gasteiger partial charge in [-0.15, -0.1) is 21.5 Å². The van der Waals surface area contributed by atoms with Crippen LogP contribution in [-0.4, -0.2) is 81.6 Å². The Morgan fingerprint density at radius 3 is 1.95 bits per heavy atom. The fourth-order valence-corrected chi connectivity index (χ4v) is 7.08. The van der Waals surface area contributed by atoms with Crippen molar-refractivity contribution in [3.63, 3.8) is 0 Å². The number of hydrogen-bond donors (Lipinski definition) is 3. The van der Waals surface area contributed by atoms with Crippen molar-refractivity contribution in [2.75, 3.05) is 18.4 Å². The van der Waals surface area contributed by atoms with Crippen LogP contribution in [0.4, 0.5) is 5.13 Å². The quantitative estimate of drug-likeness (QED) is 0.170. The summed E-state index contributed by atoms with van der Waals surface area (Å²) in [6.07, 6.45) is 10.1. The van der Waals surface area contributed by atoms with Gasteiger partial charge in [-0.05, 0) is 48.7 Å². The zero-order chi connectivity index (χ0) is 39.0. The highest BCUT2D eigenvalue weighted by Gasteiger charge is 2.24. The predicted molar refractivity (Wildman–Crippen MR) is 205 cm³/mol. The molecule has 2 amide bonds. The topological polar surface area (TPSA) is 244 Å². The number of nitrogens with zero attached hydrogens (tertiary/aromatic N) is 8. The minimum Gasteiger partial charge on any atom is -0.339 e. The molecule has 6 aromatic rings. The summed E-state index contributed by atoms with van der Waals surface area (Å²) >= 11 is 1.32. The van der Waals surface area contributed by atoms with E-state index in [0.29, 0.717) is 35.2 Å². The van der Waals surface area contributed by atoms with Crippen molar-refractivity contribution in [1.82, 2.24) is 39.9 Å². The Labute approximate surface area is 320 Å².